The molecule has 0 fully saturated rings. The Labute approximate surface area is 185 Å². The molecule has 156 valence electrons. The van der Waals surface area contributed by atoms with Crippen molar-refractivity contribution in [3.63, 3.8) is 0 Å². The van der Waals surface area contributed by atoms with Gasteiger partial charge in [0.05, 0.1) is 5.33 Å². The van der Waals surface area contributed by atoms with Crippen LogP contribution in [0.3, 0.4) is 0 Å². The van der Waals surface area contributed by atoms with Gasteiger partial charge in [-0.05, 0) is 54.5 Å². The third-order valence-corrected chi connectivity index (χ3v) is 8.35. The smallest absolute Gasteiger partial charge is 0.310 e. The summed E-state index contributed by atoms with van der Waals surface area (Å²) in [6.07, 6.45) is 15.6. The van der Waals surface area contributed by atoms with E-state index in [0.29, 0.717) is 0 Å². The Morgan fingerprint density at radius 1 is 0.963 bits per heavy atom. The van der Waals surface area contributed by atoms with Gasteiger partial charge in [0.15, 0.2) is 0 Å². The molecule has 1 heterocycles. The fraction of sp³-hybridized carbons (Fsp3) is 0.750. The average Bonchev–Trinajstić information content (AvgIpc) is 3.13. The Morgan fingerprint density at radius 3 is 2.30 bits per heavy atom. The second-order valence-corrected chi connectivity index (χ2v) is 16.3. The van der Waals surface area contributed by atoms with Gasteiger partial charge >= 0.3 is 6.00 Å². The third kappa shape index (κ3) is 14.0. The van der Waals surface area contributed by atoms with Crippen LogP contribution < -0.4 is 5.43 Å². The lowest BCUT2D eigenvalue weighted by molar-refractivity contribution is 0.591. The van der Waals surface area contributed by atoms with Gasteiger partial charge < -0.3 is 5.43 Å². The molecule has 0 aliphatic rings. The number of unbranched alkanes of at least 4 members (excludes halogenated alkanes) is 9. The van der Waals surface area contributed by atoms with Crippen molar-refractivity contribution < 1.29 is 0 Å². The molecule has 7 heteroatoms. The molecular weight excluding hydrogens is 435 g/mol. The van der Waals surface area contributed by atoms with Crippen molar-refractivity contribution in [3.05, 3.63) is 22.4 Å². The normalized spacial score (nSPS) is 12.5. The predicted molar refractivity (Wildman–Crippen MR) is 128 cm³/mol. The first-order valence-electron chi connectivity index (χ1n) is 10.4. The number of nitrogens with zero attached hydrogens (tertiary/aromatic N) is 1. The zero-order chi connectivity index (χ0) is 19.8. The quantitative estimate of drug-likeness (QED) is 0.0804. The number of aryl methyl sites for hydroxylation is 1. The van der Waals surface area contributed by atoms with Crippen molar-refractivity contribution in [2.45, 2.75) is 90.4 Å². The van der Waals surface area contributed by atoms with Gasteiger partial charge in [0.25, 0.3) is 0 Å². The molecule has 1 N–H and O–H groups in total. The van der Waals surface area contributed by atoms with E-state index in [1.807, 2.05) is 0 Å². The van der Waals surface area contributed by atoms with Crippen molar-refractivity contribution in [1.29, 1.82) is 0 Å². The van der Waals surface area contributed by atoms with E-state index >= 15 is 0 Å². The first-order valence-corrected chi connectivity index (χ1v) is 16.4. The summed E-state index contributed by atoms with van der Waals surface area (Å²) in [7, 11) is 0. The van der Waals surface area contributed by atoms with Crippen molar-refractivity contribution in [2.24, 2.45) is 5.10 Å². The second kappa shape index (κ2) is 16.1. The molecule has 0 saturated heterocycles. The number of nitrogens with one attached hydrogen (secondary N) is 1. The Balaban J connectivity index is 2.09. The van der Waals surface area contributed by atoms with Crippen molar-refractivity contribution >= 4 is 55.9 Å². The molecule has 0 aromatic carbocycles. The van der Waals surface area contributed by atoms with Gasteiger partial charge in [-0.15, -0.1) is 33.2 Å². The van der Waals surface area contributed by atoms with Crippen LogP contribution in [0.1, 0.15) is 89.5 Å². The highest BCUT2D eigenvalue weighted by Gasteiger charge is 2.32. The topological polar surface area (TPSA) is 24.4 Å². The summed E-state index contributed by atoms with van der Waals surface area (Å²) in [4.78, 5) is 0. The standard InChI is InChI=1S/C20H35Cl3N2SSi/c1-2-3-4-5-6-7-11-14-20(27(21,22)23)25-24-16-12-9-8-10-13-19-15-17-26-18-19/h15,17-18,24H,2-14,16H2,1H3. The van der Waals surface area contributed by atoms with Crippen LogP contribution in [0.15, 0.2) is 21.9 Å². The van der Waals surface area contributed by atoms with Crippen LogP contribution in [-0.4, -0.2) is 17.9 Å². The van der Waals surface area contributed by atoms with Crippen molar-refractivity contribution in [3.8, 4) is 0 Å². The third-order valence-electron chi connectivity index (χ3n) is 4.64. The van der Waals surface area contributed by atoms with Crippen molar-refractivity contribution in [2.75, 3.05) is 6.54 Å². The van der Waals surface area contributed by atoms with Crippen LogP contribution in [0, 0.1) is 0 Å². The number of hydrogen-bond acceptors (Lipinski definition) is 3. The molecule has 0 saturated carbocycles. The van der Waals surface area contributed by atoms with Gasteiger partial charge in [-0.3, -0.25) is 0 Å². The molecule has 0 aliphatic heterocycles. The molecule has 0 amide bonds. The zero-order valence-corrected chi connectivity index (χ0v) is 20.7. The number of thiophene rings is 1. The number of rotatable bonds is 17. The Morgan fingerprint density at radius 2 is 1.63 bits per heavy atom. The average molecular weight is 470 g/mol. The fourth-order valence-electron chi connectivity index (χ4n) is 2.98. The minimum atomic E-state index is -2.87. The summed E-state index contributed by atoms with van der Waals surface area (Å²) in [6.45, 7) is 3.10. The Kier molecular flexibility index (Phi) is 15.1. The monoisotopic (exact) mass is 468 g/mol. The SMILES string of the molecule is CCCCCCCCCC(=NNCCCCCCc1ccsc1)[Si](Cl)(Cl)Cl. The summed E-state index contributed by atoms with van der Waals surface area (Å²) in [5.74, 6) is 0. The van der Waals surface area contributed by atoms with Crippen molar-refractivity contribution in [1.82, 2.24) is 5.43 Å². The first kappa shape index (κ1) is 25.3. The van der Waals surface area contributed by atoms with E-state index in [1.165, 1.54) is 69.8 Å². The minimum absolute atomic E-state index is 0.776. The largest absolute Gasteiger partial charge is 0.389 e. The second-order valence-electron chi connectivity index (χ2n) is 7.13. The fourth-order valence-corrected chi connectivity index (χ4v) is 5.58. The van der Waals surface area contributed by atoms with E-state index in [9.17, 15) is 0 Å². The van der Waals surface area contributed by atoms with Crippen LogP contribution in [-0.2, 0) is 6.42 Å². The van der Waals surface area contributed by atoms with Crippen LogP contribution in [0.2, 0.25) is 0 Å². The molecular formula is C20H35Cl3N2SSi. The van der Waals surface area contributed by atoms with E-state index in [-0.39, 0.29) is 0 Å². The van der Waals surface area contributed by atoms with E-state index in [0.717, 1.165) is 31.1 Å². The minimum Gasteiger partial charge on any atom is -0.310 e. The molecule has 0 unspecified atom stereocenters. The molecule has 2 nitrogen and oxygen atoms in total. The molecule has 1 aromatic rings. The predicted octanol–water partition coefficient (Wildman–Crippen LogP) is 8.13. The highest BCUT2D eigenvalue weighted by molar-refractivity contribution is 7.75. The number of hydrogen-bond donors (Lipinski definition) is 1. The van der Waals surface area contributed by atoms with Gasteiger partial charge in [0, 0.05) is 6.54 Å². The molecule has 0 bridgehead atoms. The van der Waals surface area contributed by atoms with Gasteiger partial charge in [0.2, 0.25) is 0 Å². The number of hydrazone groups is 1. The van der Waals surface area contributed by atoms with Gasteiger partial charge in [0.1, 0.15) is 0 Å². The molecule has 0 radical (unpaired) electrons. The first-order chi connectivity index (χ1) is 13.0. The van der Waals surface area contributed by atoms with E-state index < -0.39 is 6.00 Å². The lowest BCUT2D eigenvalue weighted by Gasteiger charge is -2.13. The van der Waals surface area contributed by atoms with Crippen LogP contribution in [0.5, 0.6) is 0 Å². The highest BCUT2D eigenvalue weighted by Crippen LogP contribution is 2.25. The Hall–Kier alpha value is 0.257. The maximum atomic E-state index is 6.21. The van der Waals surface area contributed by atoms with Crippen LogP contribution >= 0.6 is 44.6 Å². The van der Waals surface area contributed by atoms with Crippen LogP contribution in [0.4, 0.5) is 0 Å². The maximum absolute atomic E-state index is 6.21. The lowest BCUT2D eigenvalue weighted by atomic mass is 10.1. The summed E-state index contributed by atoms with van der Waals surface area (Å²) in [5.41, 5.74) is 4.60. The van der Waals surface area contributed by atoms with Crippen LogP contribution in [0.25, 0.3) is 0 Å². The van der Waals surface area contributed by atoms with E-state index in [1.54, 1.807) is 11.3 Å². The van der Waals surface area contributed by atoms with Gasteiger partial charge in [-0.1, -0.05) is 58.3 Å². The van der Waals surface area contributed by atoms with E-state index in [2.05, 4.69) is 34.3 Å². The molecule has 1 aromatic heterocycles. The molecule has 0 aliphatic carbocycles. The highest BCUT2D eigenvalue weighted by atomic mass is 35.8. The lowest BCUT2D eigenvalue weighted by Crippen LogP contribution is -2.28. The maximum Gasteiger partial charge on any atom is 0.389 e. The molecule has 0 atom stereocenters. The molecule has 0 spiro atoms. The van der Waals surface area contributed by atoms with Gasteiger partial charge in [-0.25, -0.2) is 0 Å². The molecule has 1 rings (SSSR count). The summed E-state index contributed by atoms with van der Waals surface area (Å²) in [5, 5.41) is 9.60. The van der Waals surface area contributed by atoms with E-state index in [4.69, 9.17) is 33.2 Å². The summed E-state index contributed by atoms with van der Waals surface area (Å²) >= 11 is 20.4. The summed E-state index contributed by atoms with van der Waals surface area (Å²) in [6, 6.07) is -0.658. The Bertz CT molecular complexity index is 490. The zero-order valence-electron chi connectivity index (χ0n) is 16.6. The number of halogens is 3. The summed E-state index contributed by atoms with van der Waals surface area (Å²) < 4.78 is 0. The van der Waals surface area contributed by atoms with Gasteiger partial charge in [-0.2, -0.15) is 16.4 Å². The molecule has 27 heavy (non-hydrogen) atoms.